The van der Waals surface area contributed by atoms with Crippen LogP contribution in [0.15, 0.2) is 18.5 Å². The van der Waals surface area contributed by atoms with Gasteiger partial charge in [-0.2, -0.15) is 15.0 Å². The van der Waals surface area contributed by atoms with E-state index in [2.05, 4.69) is 19.9 Å². The molecule has 16 heavy (non-hydrogen) atoms. The van der Waals surface area contributed by atoms with Gasteiger partial charge in [0.2, 0.25) is 11.2 Å². The number of nitrogens with zero attached hydrogens (tertiary/aromatic N) is 4. The first kappa shape index (κ1) is 10.6. The number of hydrogen-bond donors (Lipinski definition) is 1. The largest absolute Gasteiger partial charge is 0.494 e. The zero-order valence-electron chi connectivity index (χ0n) is 8.38. The van der Waals surface area contributed by atoms with Gasteiger partial charge in [0.25, 0.3) is 0 Å². The third-order valence-corrected chi connectivity index (χ3v) is 2.04. The minimum atomic E-state index is 0.0429. The lowest BCUT2D eigenvalue weighted by molar-refractivity contribution is 0.414. The van der Waals surface area contributed by atoms with Crippen LogP contribution in [0.3, 0.4) is 0 Å². The van der Waals surface area contributed by atoms with Crippen molar-refractivity contribution in [3.05, 3.63) is 23.7 Å². The summed E-state index contributed by atoms with van der Waals surface area (Å²) < 4.78 is 5.13. The van der Waals surface area contributed by atoms with Crippen LogP contribution in [-0.4, -0.2) is 27.0 Å². The molecule has 2 N–H and O–H groups in total. The number of rotatable bonds is 2. The van der Waals surface area contributed by atoms with Gasteiger partial charge >= 0.3 is 0 Å². The number of hydrogen-bond acceptors (Lipinski definition) is 6. The molecule has 0 atom stereocenters. The van der Waals surface area contributed by atoms with Crippen LogP contribution >= 0.6 is 11.6 Å². The average Bonchev–Trinajstić information content (AvgIpc) is 2.27. The highest BCUT2D eigenvalue weighted by molar-refractivity contribution is 6.28. The molecule has 0 aliphatic carbocycles. The van der Waals surface area contributed by atoms with Gasteiger partial charge in [0, 0.05) is 6.20 Å². The van der Waals surface area contributed by atoms with E-state index in [9.17, 15) is 0 Å². The van der Waals surface area contributed by atoms with Crippen LogP contribution in [-0.2, 0) is 0 Å². The van der Waals surface area contributed by atoms with E-state index in [1.807, 2.05) is 0 Å². The summed E-state index contributed by atoms with van der Waals surface area (Å²) in [4.78, 5) is 15.6. The third-order valence-electron chi connectivity index (χ3n) is 1.87. The van der Waals surface area contributed by atoms with E-state index in [1.165, 1.54) is 7.11 Å². The maximum absolute atomic E-state index is 5.70. The number of anilines is 1. The van der Waals surface area contributed by atoms with Crippen LogP contribution in [0.5, 0.6) is 5.75 Å². The summed E-state index contributed by atoms with van der Waals surface area (Å²) >= 11 is 5.70. The molecule has 0 radical (unpaired) electrons. The van der Waals surface area contributed by atoms with Crippen molar-refractivity contribution in [1.29, 1.82) is 0 Å². The fourth-order valence-electron chi connectivity index (χ4n) is 1.21. The standard InChI is InChI=1S/C9H8ClN5O/c1-16-6-4-12-3-2-5(6)7-13-8(10)15-9(11)14-7/h2-4H,1H3,(H2,11,13,14,15). The Morgan fingerprint density at radius 3 is 2.81 bits per heavy atom. The van der Waals surface area contributed by atoms with Crippen LogP contribution < -0.4 is 10.5 Å². The molecule has 0 aromatic carbocycles. The quantitative estimate of drug-likeness (QED) is 0.844. The van der Waals surface area contributed by atoms with Gasteiger partial charge in [0.05, 0.1) is 18.9 Å². The average molecular weight is 238 g/mol. The minimum absolute atomic E-state index is 0.0429. The lowest BCUT2D eigenvalue weighted by Gasteiger charge is -2.06. The van der Waals surface area contributed by atoms with Crippen molar-refractivity contribution < 1.29 is 4.74 Å². The topological polar surface area (TPSA) is 86.8 Å². The molecule has 82 valence electrons. The maximum atomic E-state index is 5.70. The van der Waals surface area contributed by atoms with Crippen molar-refractivity contribution in [2.75, 3.05) is 12.8 Å². The van der Waals surface area contributed by atoms with Gasteiger partial charge in [-0.1, -0.05) is 0 Å². The molecule has 0 aliphatic heterocycles. The molecule has 0 saturated heterocycles. The molecular weight excluding hydrogens is 230 g/mol. The Morgan fingerprint density at radius 2 is 2.12 bits per heavy atom. The van der Waals surface area contributed by atoms with Gasteiger partial charge < -0.3 is 10.5 Å². The Hall–Kier alpha value is -1.95. The first-order valence-corrected chi connectivity index (χ1v) is 4.74. The number of nitrogens with two attached hydrogens (primary N) is 1. The Balaban J connectivity index is 2.58. The third kappa shape index (κ3) is 2.01. The Kier molecular flexibility index (Phi) is 2.82. The summed E-state index contributed by atoms with van der Waals surface area (Å²) in [5, 5.41) is 0.0429. The molecule has 0 spiro atoms. The van der Waals surface area contributed by atoms with Crippen LogP contribution in [0.2, 0.25) is 5.28 Å². The van der Waals surface area contributed by atoms with Crippen molar-refractivity contribution in [3.8, 4) is 17.1 Å². The number of nitrogen functional groups attached to an aromatic ring is 1. The fourth-order valence-corrected chi connectivity index (χ4v) is 1.38. The van der Waals surface area contributed by atoms with E-state index in [-0.39, 0.29) is 11.2 Å². The summed E-state index contributed by atoms with van der Waals surface area (Å²) in [5.74, 6) is 0.967. The second kappa shape index (κ2) is 4.28. The van der Waals surface area contributed by atoms with E-state index in [0.29, 0.717) is 17.1 Å². The van der Waals surface area contributed by atoms with Crippen LogP contribution in [0.1, 0.15) is 0 Å². The molecule has 0 unspecified atom stereocenters. The molecule has 0 fully saturated rings. The number of aromatic nitrogens is 4. The summed E-state index contributed by atoms with van der Waals surface area (Å²) in [6.07, 6.45) is 3.16. The zero-order valence-corrected chi connectivity index (χ0v) is 9.14. The second-order valence-electron chi connectivity index (χ2n) is 2.86. The summed E-state index contributed by atoms with van der Waals surface area (Å²) in [6.45, 7) is 0. The molecule has 2 aromatic heterocycles. The molecule has 0 amide bonds. The van der Waals surface area contributed by atoms with Crippen molar-refractivity contribution in [2.24, 2.45) is 0 Å². The molecule has 6 nitrogen and oxygen atoms in total. The van der Waals surface area contributed by atoms with E-state index in [1.54, 1.807) is 18.5 Å². The first-order chi connectivity index (χ1) is 7.70. The molecule has 2 heterocycles. The Morgan fingerprint density at radius 1 is 1.31 bits per heavy atom. The van der Waals surface area contributed by atoms with Crippen molar-refractivity contribution in [1.82, 2.24) is 19.9 Å². The normalized spacial score (nSPS) is 10.1. The second-order valence-corrected chi connectivity index (χ2v) is 3.20. The van der Waals surface area contributed by atoms with Gasteiger partial charge in [-0.3, -0.25) is 4.98 Å². The van der Waals surface area contributed by atoms with E-state index in [0.717, 1.165) is 0 Å². The van der Waals surface area contributed by atoms with Gasteiger partial charge in [0.1, 0.15) is 5.75 Å². The Labute approximate surface area is 96.5 Å². The first-order valence-electron chi connectivity index (χ1n) is 4.36. The lowest BCUT2D eigenvalue weighted by Crippen LogP contribution is -2.01. The highest BCUT2D eigenvalue weighted by Gasteiger charge is 2.10. The molecule has 2 aromatic rings. The maximum Gasteiger partial charge on any atom is 0.227 e. The van der Waals surface area contributed by atoms with E-state index < -0.39 is 0 Å². The SMILES string of the molecule is COc1cnccc1-c1nc(N)nc(Cl)n1. The number of ether oxygens (including phenoxy) is 1. The van der Waals surface area contributed by atoms with Crippen molar-refractivity contribution >= 4 is 17.5 Å². The van der Waals surface area contributed by atoms with Crippen LogP contribution in [0, 0.1) is 0 Å². The summed E-state index contributed by atoms with van der Waals surface area (Å²) in [6, 6.07) is 1.71. The molecule has 2 rings (SSSR count). The van der Waals surface area contributed by atoms with Gasteiger partial charge in [-0.05, 0) is 17.7 Å². The van der Waals surface area contributed by atoms with E-state index in [4.69, 9.17) is 22.1 Å². The molecular formula is C9H8ClN5O. The summed E-state index contributed by atoms with van der Waals surface area (Å²) in [7, 11) is 1.53. The molecule has 0 aliphatic rings. The number of methoxy groups -OCH3 is 1. The van der Waals surface area contributed by atoms with Gasteiger partial charge in [-0.15, -0.1) is 0 Å². The van der Waals surface area contributed by atoms with Gasteiger partial charge in [-0.25, -0.2) is 0 Å². The zero-order chi connectivity index (χ0) is 11.5. The predicted molar refractivity (Wildman–Crippen MR) is 59.0 cm³/mol. The monoisotopic (exact) mass is 237 g/mol. The Bertz CT molecular complexity index is 499. The van der Waals surface area contributed by atoms with Crippen molar-refractivity contribution in [3.63, 3.8) is 0 Å². The molecule has 0 bridgehead atoms. The minimum Gasteiger partial charge on any atom is -0.494 e. The summed E-state index contributed by atoms with van der Waals surface area (Å²) in [5.41, 5.74) is 6.15. The highest BCUT2D eigenvalue weighted by atomic mass is 35.5. The molecule has 0 saturated carbocycles. The molecule has 7 heteroatoms. The highest BCUT2D eigenvalue weighted by Crippen LogP contribution is 2.26. The van der Waals surface area contributed by atoms with Crippen LogP contribution in [0.25, 0.3) is 11.4 Å². The van der Waals surface area contributed by atoms with Crippen molar-refractivity contribution in [2.45, 2.75) is 0 Å². The van der Waals surface area contributed by atoms with E-state index >= 15 is 0 Å². The van der Waals surface area contributed by atoms with Gasteiger partial charge in [0.15, 0.2) is 5.82 Å². The lowest BCUT2D eigenvalue weighted by atomic mass is 10.2. The fraction of sp³-hybridized carbons (Fsp3) is 0.111. The smallest absolute Gasteiger partial charge is 0.227 e. The number of halogens is 1. The predicted octanol–water partition coefficient (Wildman–Crippen LogP) is 1.18. The van der Waals surface area contributed by atoms with Crippen LogP contribution in [0.4, 0.5) is 5.95 Å². The number of pyridine rings is 1.